The summed E-state index contributed by atoms with van der Waals surface area (Å²) in [6.07, 6.45) is -1.97. The molecule has 1 aliphatic carbocycles. The molecule has 1 aliphatic rings. The van der Waals surface area contributed by atoms with E-state index in [4.69, 9.17) is 0 Å². The predicted molar refractivity (Wildman–Crippen MR) is 52.6 cm³/mol. The molecular formula is C12H13F3. The van der Waals surface area contributed by atoms with Gasteiger partial charge in [-0.1, -0.05) is 25.5 Å². The van der Waals surface area contributed by atoms with Crippen LogP contribution in [0.3, 0.4) is 0 Å². The van der Waals surface area contributed by atoms with Crippen LogP contribution in [0.1, 0.15) is 36.8 Å². The van der Waals surface area contributed by atoms with E-state index >= 15 is 0 Å². The third kappa shape index (κ3) is 2.16. The molecule has 0 nitrogen and oxygen atoms in total. The van der Waals surface area contributed by atoms with E-state index in [0.29, 0.717) is 11.8 Å². The Labute approximate surface area is 87.1 Å². The summed E-state index contributed by atoms with van der Waals surface area (Å²) >= 11 is 0. The molecule has 1 fully saturated rings. The highest BCUT2D eigenvalue weighted by atomic mass is 19.4. The highest BCUT2D eigenvalue weighted by Crippen LogP contribution is 2.49. The minimum atomic E-state index is -4.22. The summed E-state index contributed by atoms with van der Waals surface area (Å²) in [6, 6.07) is 5.59. The minimum Gasteiger partial charge on any atom is -0.166 e. The Morgan fingerprint density at radius 1 is 1.20 bits per heavy atom. The number of hydrogen-bond donors (Lipinski definition) is 0. The van der Waals surface area contributed by atoms with E-state index in [1.807, 2.05) is 0 Å². The summed E-state index contributed by atoms with van der Waals surface area (Å²) in [5.41, 5.74) is 0.495. The first-order valence-electron chi connectivity index (χ1n) is 5.19. The minimum absolute atomic E-state index is 0.497. The summed E-state index contributed by atoms with van der Waals surface area (Å²) in [5.74, 6) is 1.18. The average molecular weight is 214 g/mol. The molecule has 0 N–H and O–H groups in total. The average Bonchev–Trinajstić information content (AvgIpc) is 2.95. The lowest BCUT2D eigenvalue weighted by Crippen LogP contribution is -2.04. The second-order valence-corrected chi connectivity index (χ2v) is 4.13. The van der Waals surface area contributed by atoms with Crippen LogP contribution in [0.5, 0.6) is 0 Å². The van der Waals surface area contributed by atoms with E-state index in [2.05, 4.69) is 6.92 Å². The molecule has 2 unspecified atom stereocenters. The summed E-state index contributed by atoms with van der Waals surface area (Å²) in [6.45, 7) is 2.12. The number of rotatable bonds is 2. The van der Waals surface area contributed by atoms with Crippen molar-refractivity contribution in [2.75, 3.05) is 0 Å². The molecule has 0 bridgehead atoms. The van der Waals surface area contributed by atoms with Crippen LogP contribution in [0.2, 0.25) is 0 Å². The zero-order valence-corrected chi connectivity index (χ0v) is 8.51. The maximum Gasteiger partial charge on any atom is 0.416 e. The first-order chi connectivity index (χ1) is 7.02. The van der Waals surface area contributed by atoms with E-state index in [1.54, 1.807) is 12.1 Å². The highest BCUT2D eigenvalue weighted by molar-refractivity contribution is 5.30. The molecule has 0 spiro atoms. The lowest BCUT2D eigenvalue weighted by molar-refractivity contribution is -0.137. The normalized spacial score (nSPS) is 25.3. The van der Waals surface area contributed by atoms with Gasteiger partial charge >= 0.3 is 6.18 Å². The molecule has 0 aliphatic heterocycles. The van der Waals surface area contributed by atoms with E-state index in [-0.39, 0.29) is 0 Å². The summed E-state index contributed by atoms with van der Waals surface area (Å²) in [7, 11) is 0. The molecule has 0 aromatic heterocycles. The Hall–Kier alpha value is -0.990. The van der Waals surface area contributed by atoms with Gasteiger partial charge in [0.2, 0.25) is 0 Å². The van der Waals surface area contributed by atoms with Crippen LogP contribution < -0.4 is 0 Å². The SMILES string of the molecule is CCC1CC1c1ccc(C(F)(F)F)cc1. The topological polar surface area (TPSA) is 0 Å². The fraction of sp³-hybridized carbons (Fsp3) is 0.500. The largest absolute Gasteiger partial charge is 0.416 e. The second kappa shape index (κ2) is 3.54. The zero-order valence-electron chi connectivity index (χ0n) is 8.51. The molecule has 2 rings (SSSR count). The second-order valence-electron chi connectivity index (χ2n) is 4.13. The van der Waals surface area contributed by atoms with Gasteiger partial charge in [0.15, 0.2) is 0 Å². The van der Waals surface area contributed by atoms with Crippen LogP contribution in [0.15, 0.2) is 24.3 Å². The van der Waals surface area contributed by atoms with Gasteiger partial charge < -0.3 is 0 Å². The standard InChI is InChI=1S/C12H13F3/c1-2-8-7-11(8)9-3-5-10(6-4-9)12(13,14)15/h3-6,8,11H,2,7H2,1H3. The molecule has 82 valence electrons. The molecule has 0 heterocycles. The van der Waals surface area contributed by atoms with Crippen molar-refractivity contribution in [1.29, 1.82) is 0 Å². The van der Waals surface area contributed by atoms with Crippen molar-refractivity contribution in [2.24, 2.45) is 5.92 Å². The zero-order chi connectivity index (χ0) is 11.1. The van der Waals surface area contributed by atoms with E-state index in [0.717, 1.165) is 18.4 Å². The monoisotopic (exact) mass is 214 g/mol. The van der Waals surface area contributed by atoms with Gasteiger partial charge in [-0.15, -0.1) is 0 Å². The fourth-order valence-corrected chi connectivity index (χ4v) is 2.03. The molecular weight excluding hydrogens is 201 g/mol. The Morgan fingerprint density at radius 2 is 1.80 bits per heavy atom. The van der Waals surface area contributed by atoms with Crippen molar-refractivity contribution < 1.29 is 13.2 Å². The number of benzene rings is 1. The van der Waals surface area contributed by atoms with Gasteiger partial charge in [-0.3, -0.25) is 0 Å². The number of hydrogen-bond acceptors (Lipinski definition) is 0. The van der Waals surface area contributed by atoms with Crippen molar-refractivity contribution >= 4 is 0 Å². The summed E-state index contributed by atoms with van der Waals surface area (Å²) < 4.78 is 36.8. The molecule has 1 aromatic rings. The Kier molecular flexibility index (Phi) is 2.49. The predicted octanol–water partition coefficient (Wildman–Crippen LogP) is 4.22. The third-order valence-electron chi connectivity index (χ3n) is 3.11. The van der Waals surface area contributed by atoms with E-state index in [9.17, 15) is 13.2 Å². The van der Waals surface area contributed by atoms with Crippen molar-refractivity contribution in [3.63, 3.8) is 0 Å². The van der Waals surface area contributed by atoms with Gasteiger partial charge in [0, 0.05) is 0 Å². The maximum atomic E-state index is 12.3. The molecule has 15 heavy (non-hydrogen) atoms. The number of halogens is 3. The van der Waals surface area contributed by atoms with E-state index in [1.165, 1.54) is 12.1 Å². The van der Waals surface area contributed by atoms with Gasteiger partial charge in [-0.2, -0.15) is 13.2 Å². The first kappa shape index (κ1) is 10.5. The lowest BCUT2D eigenvalue weighted by atomic mass is 10.1. The van der Waals surface area contributed by atoms with Crippen LogP contribution in [0, 0.1) is 5.92 Å². The van der Waals surface area contributed by atoms with Crippen LogP contribution in [-0.2, 0) is 6.18 Å². The molecule has 0 radical (unpaired) electrons. The molecule has 1 aromatic carbocycles. The van der Waals surface area contributed by atoms with Gasteiger partial charge in [0.25, 0.3) is 0 Å². The van der Waals surface area contributed by atoms with E-state index < -0.39 is 11.7 Å². The van der Waals surface area contributed by atoms with Crippen molar-refractivity contribution in [2.45, 2.75) is 31.9 Å². The molecule has 3 heteroatoms. The Balaban J connectivity index is 2.12. The van der Waals surface area contributed by atoms with Gasteiger partial charge in [-0.05, 0) is 36.0 Å². The quantitative estimate of drug-likeness (QED) is 0.691. The van der Waals surface area contributed by atoms with Gasteiger partial charge in [-0.25, -0.2) is 0 Å². The smallest absolute Gasteiger partial charge is 0.166 e. The first-order valence-corrected chi connectivity index (χ1v) is 5.19. The summed E-state index contributed by atoms with van der Waals surface area (Å²) in [5, 5.41) is 0. The Morgan fingerprint density at radius 3 is 2.20 bits per heavy atom. The molecule has 0 saturated heterocycles. The maximum absolute atomic E-state index is 12.3. The van der Waals surface area contributed by atoms with Crippen LogP contribution in [-0.4, -0.2) is 0 Å². The molecule has 2 atom stereocenters. The Bertz CT molecular complexity index is 337. The van der Waals surface area contributed by atoms with Gasteiger partial charge in [0.05, 0.1) is 5.56 Å². The van der Waals surface area contributed by atoms with Crippen LogP contribution in [0.25, 0.3) is 0 Å². The lowest BCUT2D eigenvalue weighted by Gasteiger charge is -2.07. The summed E-state index contributed by atoms with van der Waals surface area (Å²) in [4.78, 5) is 0. The van der Waals surface area contributed by atoms with Crippen molar-refractivity contribution in [3.8, 4) is 0 Å². The molecule has 0 amide bonds. The van der Waals surface area contributed by atoms with Crippen molar-refractivity contribution in [3.05, 3.63) is 35.4 Å². The third-order valence-corrected chi connectivity index (χ3v) is 3.11. The fourth-order valence-electron chi connectivity index (χ4n) is 2.03. The van der Waals surface area contributed by atoms with Gasteiger partial charge in [0.1, 0.15) is 0 Å². The van der Waals surface area contributed by atoms with Crippen LogP contribution >= 0.6 is 0 Å². The highest BCUT2D eigenvalue weighted by Gasteiger charge is 2.37. The van der Waals surface area contributed by atoms with Crippen LogP contribution in [0.4, 0.5) is 13.2 Å². The number of alkyl halides is 3. The molecule has 1 saturated carbocycles. The van der Waals surface area contributed by atoms with Crippen molar-refractivity contribution in [1.82, 2.24) is 0 Å².